The molecule has 0 saturated heterocycles. The van der Waals surface area contributed by atoms with E-state index in [2.05, 4.69) is 19.1 Å². The normalized spacial score (nSPS) is 13.3. The molecule has 1 atom stereocenters. The van der Waals surface area contributed by atoms with E-state index in [1.54, 1.807) is 0 Å². The van der Waals surface area contributed by atoms with Gasteiger partial charge in [-0.25, -0.2) is 0 Å². The van der Waals surface area contributed by atoms with E-state index < -0.39 is 0 Å². The molecule has 0 aliphatic carbocycles. The quantitative estimate of drug-likeness (QED) is 0.815. The summed E-state index contributed by atoms with van der Waals surface area (Å²) < 4.78 is 5.65. The van der Waals surface area contributed by atoms with Crippen LogP contribution >= 0.6 is 0 Å². The third kappa shape index (κ3) is 1.65. The van der Waals surface area contributed by atoms with Gasteiger partial charge in [0, 0.05) is 17.9 Å². The second-order valence-corrected chi connectivity index (χ2v) is 4.12. The number of aryl methyl sites for hydroxylation is 2. The lowest BCUT2D eigenvalue weighted by Crippen LogP contribution is -1.97. The zero-order valence-electron chi connectivity index (χ0n) is 9.37. The number of aliphatic hydroxyl groups is 1. The molecule has 1 aromatic carbocycles. The van der Waals surface area contributed by atoms with Crippen LogP contribution < -0.4 is 0 Å². The van der Waals surface area contributed by atoms with Crippen molar-refractivity contribution in [2.24, 2.45) is 0 Å². The fourth-order valence-corrected chi connectivity index (χ4v) is 1.78. The molecule has 0 saturated carbocycles. The zero-order chi connectivity index (χ0) is 11.0. The first-order valence-corrected chi connectivity index (χ1v) is 5.24. The van der Waals surface area contributed by atoms with E-state index in [1.165, 1.54) is 10.9 Å². The van der Waals surface area contributed by atoms with Crippen molar-refractivity contribution in [1.82, 2.24) is 0 Å². The predicted molar refractivity (Wildman–Crippen MR) is 61.2 cm³/mol. The molecule has 0 fully saturated rings. The molecule has 15 heavy (non-hydrogen) atoms. The third-order valence-corrected chi connectivity index (χ3v) is 3.04. The molecule has 1 unspecified atom stereocenters. The molecule has 2 heteroatoms. The van der Waals surface area contributed by atoms with Crippen molar-refractivity contribution in [2.75, 3.05) is 6.61 Å². The number of fused-ring (bicyclic) bond motifs is 1. The van der Waals surface area contributed by atoms with Gasteiger partial charge in [-0.05, 0) is 31.0 Å². The first-order valence-electron chi connectivity index (χ1n) is 5.24. The molecule has 0 spiro atoms. The lowest BCUT2D eigenvalue weighted by Gasteiger charge is -2.07. The van der Waals surface area contributed by atoms with Crippen molar-refractivity contribution in [3.8, 4) is 0 Å². The van der Waals surface area contributed by atoms with Gasteiger partial charge in [0.2, 0.25) is 0 Å². The summed E-state index contributed by atoms with van der Waals surface area (Å²) >= 11 is 0. The Morgan fingerprint density at radius 2 is 2.07 bits per heavy atom. The van der Waals surface area contributed by atoms with Crippen LogP contribution in [0.4, 0.5) is 0 Å². The number of benzene rings is 1. The van der Waals surface area contributed by atoms with Crippen LogP contribution in [0.2, 0.25) is 0 Å². The van der Waals surface area contributed by atoms with Crippen LogP contribution in [0.5, 0.6) is 0 Å². The average Bonchev–Trinajstić information content (AvgIpc) is 2.53. The van der Waals surface area contributed by atoms with E-state index in [9.17, 15) is 0 Å². The summed E-state index contributed by atoms with van der Waals surface area (Å²) in [6, 6.07) is 6.16. The van der Waals surface area contributed by atoms with Crippen LogP contribution in [-0.2, 0) is 0 Å². The monoisotopic (exact) mass is 204 g/mol. The molecule has 0 radical (unpaired) electrons. The molecule has 1 N–H and O–H groups in total. The van der Waals surface area contributed by atoms with Crippen molar-refractivity contribution in [2.45, 2.75) is 26.7 Å². The van der Waals surface area contributed by atoms with Gasteiger partial charge in [-0.1, -0.05) is 19.1 Å². The Labute approximate surface area is 89.5 Å². The Morgan fingerprint density at radius 1 is 1.33 bits per heavy atom. The second-order valence-electron chi connectivity index (χ2n) is 4.12. The molecule has 2 aromatic rings. The van der Waals surface area contributed by atoms with Crippen molar-refractivity contribution < 1.29 is 9.52 Å². The van der Waals surface area contributed by atoms with Gasteiger partial charge in [0.05, 0.1) is 0 Å². The summed E-state index contributed by atoms with van der Waals surface area (Å²) in [7, 11) is 0. The average molecular weight is 204 g/mol. The first-order chi connectivity index (χ1) is 7.13. The largest absolute Gasteiger partial charge is 0.461 e. The Bertz CT molecular complexity index is 482. The van der Waals surface area contributed by atoms with E-state index in [0.717, 1.165) is 16.9 Å². The number of aliphatic hydroxyl groups excluding tert-OH is 1. The molecule has 2 nitrogen and oxygen atoms in total. The van der Waals surface area contributed by atoms with Crippen LogP contribution in [0.3, 0.4) is 0 Å². The van der Waals surface area contributed by atoms with Gasteiger partial charge in [-0.3, -0.25) is 0 Å². The maximum absolute atomic E-state index is 9.09. The van der Waals surface area contributed by atoms with E-state index in [1.807, 2.05) is 19.9 Å². The highest BCUT2D eigenvalue weighted by molar-refractivity contribution is 5.82. The fraction of sp³-hybridized carbons (Fsp3) is 0.385. The lowest BCUT2D eigenvalue weighted by molar-refractivity contribution is 0.273. The summed E-state index contributed by atoms with van der Waals surface area (Å²) in [5.41, 5.74) is 3.25. The Kier molecular flexibility index (Phi) is 2.53. The van der Waals surface area contributed by atoms with Gasteiger partial charge in [0.1, 0.15) is 11.3 Å². The van der Waals surface area contributed by atoms with Crippen LogP contribution in [0.15, 0.2) is 22.6 Å². The summed E-state index contributed by atoms with van der Waals surface area (Å²) in [4.78, 5) is 0. The summed E-state index contributed by atoms with van der Waals surface area (Å²) in [6.45, 7) is 6.22. The van der Waals surface area contributed by atoms with Crippen molar-refractivity contribution in [1.29, 1.82) is 0 Å². The van der Waals surface area contributed by atoms with E-state index >= 15 is 0 Å². The summed E-state index contributed by atoms with van der Waals surface area (Å²) in [5, 5.41) is 10.3. The van der Waals surface area contributed by atoms with Gasteiger partial charge >= 0.3 is 0 Å². The smallest absolute Gasteiger partial charge is 0.134 e. The molecule has 1 aromatic heterocycles. The minimum Gasteiger partial charge on any atom is -0.461 e. The first kappa shape index (κ1) is 10.2. The molecular formula is C13H16O2. The maximum atomic E-state index is 9.09. The SMILES string of the molecule is Cc1oc2cc(C(C)CO)ccc2c1C. The van der Waals surface area contributed by atoms with Gasteiger partial charge in [-0.15, -0.1) is 0 Å². The van der Waals surface area contributed by atoms with Crippen LogP contribution in [0.1, 0.15) is 29.7 Å². The molecule has 0 amide bonds. The molecule has 0 aliphatic rings. The van der Waals surface area contributed by atoms with Crippen molar-refractivity contribution >= 4 is 11.0 Å². The van der Waals surface area contributed by atoms with Crippen LogP contribution in [0.25, 0.3) is 11.0 Å². The van der Waals surface area contributed by atoms with E-state index in [4.69, 9.17) is 9.52 Å². The van der Waals surface area contributed by atoms with Crippen molar-refractivity contribution in [3.63, 3.8) is 0 Å². The van der Waals surface area contributed by atoms with Crippen LogP contribution in [-0.4, -0.2) is 11.7 Å². The number of hydrogen-bond acceptors (Lipinski definition) is 2. The third-order valence-electron chi connectivity index (χ3n) is 3.04. The van der Waals surface area contributed by atoms with E-state index in [-0.39, 0.29) is 12.5 Å². The standard InChI is InChI=1S/C13H16O2/c1-8(7-14)11-4-5-12-9(2)10(3)15-13(12)6-11/h4-6,8,14H,7H2,1-3H3. The zero-order valence-corrected chi connectivity index (χ0v) is 9.37. The number of furan rings is 1. The second kappa shape index (κ2) is 3.70. The van der Waals surface area contributed by atoms with Gasteiger partial charge in [0.25, 0.3) is 0 Å². The lowest BCUT2D eigenvalue weighted by atomic mass is 10.0. The molecule has 2 rings (SSSR count). The highest BCUT2D eigenvalue weighted by Gasteiger charge is 2.09. The van der Waals surface area contributed by atoms with Crippen molar-refractivity contribution in [3.05, 3.63) is 35.1 Å². The summed E-state index contributed by atoms with van der Waals surface area (Å²) in [6.07, 6.45) is 0. The number of rotatable bonds is 2. The fourth-order valence-electron chi connectivity index (χ4n) is 1.78. The molecule has 0 bridgehead atoms. The maximum Gasteiger partial charge on any atom is 0.134 e. The highest BCUT2D eigenvalue weighted by Crippen LogP contribution is 2.27. The van der Waals surface area contributed by atoms with E-state index in [0.29, 0.717) is 0 Å². The topological polar surface area (TPSA) is 33.4 Å². The molecule has 0 aliphatic heterocycles. The predicted octanol–water partition coefficient (Wildman–Crippen LogP) is 3.15. The highest BCUT2D eigenvalue weighted by atomic mass is 16.3. The molecular weight excluding hydrogens is 188 g/mol. The number of hydrogen-bond donors (Lipinski definition) is 1. The van der Waals surface area contributed by atoms with Crippen LogP contribution in [0, 0.1) is 13.8 Å². The summed E-state index contributed by atoms with van der Waals surface area (Å²) in [5.74, 6) is 1.14. The Balaban J connectivity index is 2.57. The van der Waals surface area contributed by atoms with Gasteiger partial charge in [0.15, 0.2) is 0 Å². The van der Waals surface area contributed by atoms with Gasteiger partial charge in [-0.2, -0.15) is 0 Å². The minimum absolute atomic E-state index is 0.167. The molecule has 1 heterocycles. The molecule has 80 valence electrons. The Morgan fingerprint density at radius 3 is 2.73 bits per heavy atom. The minimum atomic E-state index is 0.167. The Hall–Kier alpha value is -1.28. The van der Waals surface area contributed by atoms with Gasteiger partial charge < -0.3 is 9.52 Å².